The van der Waals surface area contributed by atoms with E-state index in [1.165, 1.54) is 12.8 Å². The van der Waals surface area contributed by atoms with Gasteiger partial charge in [0.2, 0.25) is 0 Å². The van der Waals surface area contributed by atoms with E-state index in [-0.39, 0.29) is 0 Å². The normalized spacial score (nSPS) is 23.1. The van der Waals surface area contributed by atoms with Crippen molar-refractivity contribution in [1.82, 2.24) is 14.8 Å². The van der Waals surface area contributed by atoms with Gasteiger partial charge in [-0.1, -0.05) is 19.1 Å². The van der Waals surface area contributed by atoms with E-state index in [9.17, 15) is 0 Å². The van der Waals surface area contributed by atoms with Gasteiger partial charge in [0, 0.05) is 6.04 Å². The minimum atomic E-state index is 0.606. The van der Waals surface area contributed by atoms with Crippen LogP contribution in [0.15, 0.2) is 36.9 Å². The first-order valence-corrected chi connectivity index (χ1v) is 6.03. The minimum absolute atomic E-state index is 0.606. The summed E-state index contributed by atoms with van der Waals surface area (Å²) >= 11 is 0. The molecule has 17 heavy (non-hydrogen) atoms. The summed E-state index contributed by atoms with van der Waals surface area (Å²) in [6.07, 6.45) is 5.80. The third kappa shape index (κ3) is 2.02. The Bertz CT molecular complexity index is 486. The topological polar surface area (TPSA) is 42.7 Å². The largest absolute Gasteiger partial charge is 0.381 e. The fourth-order valence-corrected chi connectivity index (χ4v) is 2.37. The molecule has 2 aromatic rings. The molecule has 1 fully saturated rings. The van der Waals surface area contributed by atoms with Crippen LogP contribution in [0, 0.1) is 5.92 Å². The molecule has 1 aliphatic carbocycles. The molecule has 1 aromatic carbocycles. The van der Waals surface area contributed by atoms with Gasteiger partial charge in [-0.3, -0.25) is 0 Å². The van der Waals surface area contributed by atoms with E-state index in [0.717, 1.165) is 17.3 Å². The third-order valence-electron chi connectivity index (χ3n) is 3.30. The van der Waals surface area contributed by atoms with Gasteiger partial charge < -0.3 is 5.32 Å². The predicted molar refractivity (Wildman–Crippen MR) is 67.2 cm³/mol. The summed E-state index contributed by atoms with van der Waals surface area (Å²) in [6.45, 7) is 2.29. The molecule has 88 valence electrons. The molecule has 1 N–H and O–H groups in total. The lowest BCUT2D eigenvalue weighted by atomic mass is 9.82. The monoisotopic (exact) mass is 228 g/mol. The molecule has 0 aliphatic heterocycles. The van der Waals surface area contributed by atoms with E-state index in [1.807, 2.05) is 12.1 Å². The van der Waals surface area contributed by atoms with Crippen LogP contribution in [-0.2, 0) is 0 Å². The van der Waals surface area contributed by atoms with Gasteiger partial charge >= 0.3 is 0 Å². The molecule has 0 saturated heterocycles. The Balaban J connectivity index is 1.84. The van der Waals surface area contributed by atoms with Crippen molar-refractivity contribution in [2.45, 2.75) is 25.8 Å². The lowest BCUT2D eigenvalue weighted by Crippen LogP contribution is -2.34. The number of hydrogen-bond donors (Lipinski definition) is 1. The van der Waals surface area contributed by atoms with E-state index in [4.69, 9.17) is 0 Å². The molecule has 0 radical (unpaired) electrons. The smallest absolute Gasteiger partial charge is 0.138 e. The van der Waals surface area contributed by atoms with Crippen molar-refractivity contribution in [3.05, 3.63) is 36.9 Å². The second-order valence-electron chi connectivity index (χ2n) is 4.78. The molecule has 0 amide bonds. The molecular weight excluding hydrogens is 212 g/mol. The van der Waals surface area contributed by atoms with E-state index < -0.39 is 0 Å². The van der Waals surface area contributed by atoms with Gasteiger partial charge in [-0.2, -0.15) is 5.10 Å². The van der Waals surface area contributed by atoms with Crippen molar-refractivity contribution >= 4 is 5.69 Å². The van der Waals surface area contributed by atoms with Crippen molar-refractivity contribution in [1.29, 1.82) is 0 Å². The van der Waals surface area contributed by atoms with Crippen molar-refractivity contribution in [3.8, 4) is 5.69 Å². The summed E-state index contributed by atoms with van der Waals surface area (Å²) in [5, 5.41) is 7.76. The highest BCUT2D eigenvalue weighted by atomic mass is 15.3. The lowest BCUT2D eigenvalue weighted by Gasteiger charge is -2.34. The zero-order valence-corrected chi connectivity index (χ0v) is 9.87. The molecule has 0 bridgehead atoms. The number of para-hydroxylation sites is 2. The fourth-order valence-electron chi connectivity index (χ4n) is 2.37. The van der Waals surface area contributed by atoms with E-state index in [2.05, 4.69) is 34.5 Å². The SMILES string of the molecule is CC1CC(Nc2ccccc2-n2cncn2)C1. The van der Waals surface area contributed by atoms with Gasteiger partial charge in [-0.15, -0.1) is 0 Å². The van der Waals surface area contributed by atoms with Crippen LogP contribution in [0.4, 0.5) is 5.69 Å². The average molecular weight is 228 g/mol. The molecule has 0 spiro atoms. The number of hydrogen-bond acceptors (Lipinski definition) is 3. The van der Waals surface area contributed by atoms with Crippen LogP contribution in [0.1, 0.15) is 19.8 Å². The number of rotatable bonds is 3. The summed E-state index contributed by atoms with van der Waals surface area (Å²) in [7, 11) is 0. The summed E-state index contributed by atoms with van der Waals surface area (Å²) < 4.78 is 1.80. The van der Waals surface area contributed by atoms with E-state index in [1.54, 1.807) is 17.3 Å². The summed E-state index contributed by atoms with van der Waals surface area (Å²) in [5.41, 5.74) is 2.19. The first kappa shape index (κ1) is 10.3. The Morgan fingerprint density at radius 3 is 2.82 bits per heavy atom. The van der Waals surface area contributed by atoms with E-state index >= 15 is 0 Å². The van der Waals surface area contributed by atoms with Crippen molar-refractivity contribution in [2.24, 2.45) is 5.92 Å². The standard InChI is InChI=1S/C13H16N4/c1-10-6-11(7-10)16-12-4-2-3-5-13(12)17-9-14-8-15-17/h2-5,8-11,16H,6-7H2,1H3. The van der Waals surface area contributed by atoms with Gasteiger partial charge in [0.05, 0.1) is 11.4 Å². The summed E-state index contributed by atoms with van der Waals surface area (Å²) in [4.78, 5) is 3.99. The second kappa shape index (κ2) is 4.20. The highest BCUT2D eigenvalue weighted by molar-refractivity contribution is 5.61. The van der Waals surface area contributed by atoms with Crippen molar-refractivity contribution in [3.63, 3.8) is 0 Å². The number of anilines is 1. The van der Waals surface area contributed by atoms with Crippen LogP contribution < -0.4 is 5.32 Å². The molecular formula is C13H16N4. The Morgan fingerprint density at radius 1 is 1.29 bits per heavy atom. The fraction of sp³-hybridized carbons (Fsp3) is 0.385. The highest BCUT2D eigenvalue weighted by Crippen LogP contribution is 2.31. The molecule has 1 aliphatic rings. The Hall–Kier alpha value is -1.84. The van der Waals surface area contributed by atoms with Crippen LogP contribution in [0.25, 0.3) is 5.69 Å². The molecule has 1 heterocycles. The van der Waals surface area contributed by atoms with Crippen LogP contribution >= 0.6 is 0 Å². The maximum atomic E-state index is 4.18. The van der Waals surface area contributed by atoms with Crippen molar-refractivity contribution < 1.29 is 0 Å². The Labute approximate surface area is 101 Å². The number of nitrogens with zero attached hydrogens (tertiary/aromatic N) is 3. The summed E-state index contributed by atoms with van der Waals surface area (Å²) in [6, 6.07) is 8.82. The molecule has 4 heteroatoms. The second-order valence-corrected chi connectivity index (χ2v) is 4.78. The number of benzene rings is 1. The lowest BCUT2D eigenvalue weighted by molar-refractivity contribution is 0.309. The molecule has 3 rings (SSSR count). The van der Waals surface area contributed by atoms with Gasteiger partial charge in [0.25, 0.3) is 0 Å². The quantitative estimate of drug-likeness (QED) is 0.877. The van der Waals surface area contributed by atoms with Crippen LogP contribution in [0.2, 0.25) is 0 Å². The van der Waals surface area contributed by atoms with Crippen LogP contribution in [-0.4, -0.2) is 20.8 Å². The number of nitrogens with one attached hydrogen (secondary N) is 1. The van der Waals surface area contributed by atoms with Crippen LogP contribution in [0.3, 0.4) is 0 Å². The predicted octanol–water partition coefficient (Wildman–Crippen LogP) is 2.48. The first-order valence-electron chi connectivity index (χ1n) is 6.03. The Kier molecular flexibility index (Phi) is 2.55. The molecule has 0 unspecified atom stereocenters. The van der Waals surface area contributed by atoms with Gasteiger partial charge in [0.1, 0.15) is 12.7 Å². The van der Waals surface area contributed by atoms with Crippen LogP contribution in [0.5, 0.6) is 0 Å². The van der Waals surface area contributed by atoms with Crippen molar-refractivity contribution in [2.75, 3.05) is 5.32 Å². The van der Waals surface area contributed by atoms with E-state index in [0.29, 0.717) is 6.04 Å². The molecule has 4 nitrogen and oxygen atoms in total. The number of aromatic nitrogens is 3. The minimum Gasteiger partial charge on any atom is -0.381 e. The average Bonchev–Trinajstić information content (AvgIpc) is 2.81. The molecule has 1 aromatic heterocycles. The maximum Gasteiger partial charge on any atom is 0.138 e. The molecule has 0 atom stereocenters. The zero-order chi connectivity index (χ0) is 11.7. The summed E-state index contributed by atoms with van der Waals surface area (Å²) in [5.74, 6) is 0.853. The molecule has 1 saturated carbocycles. The third-order valence-corrected chi connectivity index (χ3v) is 3.30. The van der Waals surface area contributed by atoms with Gasteiger partial charge in [0.15, 0.2) is 0 Å². The van der Waals surface area contributed by atoms with Gasteiger partial charge in [-0.25, -0.2) is 9.67 Å². The first-order chi connectivity index (χ1) is 8.33. The maximum absolute atomic E-state index is 4.18. The van der Waals surface area contributed by atoms with Gasteiger partial charge in [-0.05, 0) is 30.9 Å². The zero-order valence-electron chi connectivity index (χ0n) is 9.87. The Morgan fingerprint density at radius 2 is 2.12 bits per heavy atom. The highest BCUT2D eigenvalue weighted by Gasteiger charge is 2.25.